The van der Waals surface area contributed by atoms with E-state index >= 15 is 0 Å². The van der Waals surface area contributed by atoms with E-state index in [2.05, 4.69) is 6.92 Å². The van der Waals surface area contributed by atoms with Crippen LogP contribution in [0.5, 0.6) is 5.75 Å². The van der Waals surface area contributed by atoms with E-state index in [0.717, 1.165) is 25.7 Å². The van der Waals surface area contributed by atoms with Gasteiger partial charge in [0.15, 0.2) is 11.9 Å². The molecule has 0 saturated carbocycles. The van der Waals surface area contributed by atoms with Gasteiger partial charge in [-0.2, -0.15) is 0 Å². The fraction of sp³-hybridized carbons (Fsp3) is 0.588. The maximum Gasteiger partial charge on any atom is 0.381 e. The number of ether oxygens (including phenoxy) is 2. The molecule has 4 nitrogen and oxygen atoms in total. The lowest BCUT2D eigenvalue weighted by Gasteiger charge is -2.05. The summed E-state index contributed by atoms with van der Waals surface area (Å²) in [5, 5.41) is 0.690. The van der Waals surface area contributed by atoms with Gasteiger partial charge in [-0.1, -0.05) is 43.4 Å². The van der Waals surface area contributed by atoms with Crippen LogP contribution in [0.25, 0.3) is 0 Å². The highest BCUT2D eigenvalue weighted by molar-refractivity contribution is 7.53. The molecule has 1 unspecified atom stereocenters. The van der Waals surface area contributed by atoms with E-state index in [-0.39, 0.29) is 12.4 Å². The minimum absolute atomic E-state index is 0.183. The van der Waals surface area contributed by atoms with Gasteiger partial charge in [0.05, 0.1) is 19.6 Å². The summed E-state index contributed by atoms with van der Waals surface area (Å²) in [5.41, 5.74) is 0. The normalized spacial score (nSPS) is 11.1. The van der Waals surface area contributed by atoms with Gasteiger partial charge >= 0.3 is 13.8 Å². The van der Waals surface area contributed by atoms with Gasteiger partial charge in [-0.25, -0.2) is 0 Å². The first kappa shape index (κ1) is 18.6. The van der Waals surface area contributed by atoms with Crippen LogP contribution in [-0.2, 0) is 14.1 Å². The fourth-order valence-electron chi connectivity index (χ4n) is 1.83. The number of hydrogen-bond donors (Lipinski definition) is 0. The van der Waals surface area contributed by atoms with Crippen LogP contribution >= 0.6 is 7.80 Å². The summed E-state index contributed by atoms with van der Waals surface area (Å²) in [5.74, 6) is 0.387. The number of unbranched alkanes of at least 4 members (excludes halogenated alkanes) is 2. The van der Waals surface area contributed by atoms with Crippen molar-refractivity contribution in [3.8, 4) is 5.75 Å². The van der Waals surface area contributed by atoms with Crippen molar-refractivity contribution in [2.45, 2.75) is 46.0 Å². The van der Waals surface area contributed by atoms with Crippen molar-refractivity contribution >= 4 is 19.1 Å². The average molecular weight is 325 g/mol. The number of hydrogen-bond acceptors (Lipinski definition) is 4. The third-order valence-corrected chi connectivity index (χ3v) is 4.71. The van der Waals surface area contributed by atoms with Crippen molar-refractivity contribution < 1.29 is 18.8 Å². The molecule has 0 heterocycles. The molecule has 122 valence electrons. The molecule has 0 amide bonds. The van der Waals surface area contributed by atoms with E-state index in [4.69, 9.17) is 9.47 Å². The van der Waals surface area contributed by atoms with Gasteiger partial charge in [-0.15, -0.1) is 0 Å². The molecule has 1 aromatic carbocycles. The third kappa shape index (κ3) is 7.04. The molecule has 1 rings (SSSR count). The predicted octanol–water partition coefficient (Wildman–Crippen LogP) is 4.05. The van der Waals surface area contributed by atoms with Gasteiger partial charge in [-0.05, 0) is 25.0 Å². The van der Waals surface area contributed by atoms with Crippen LogP contribution in [0.15, 0.2) is 24.3 Å². The Hall–Kier alpha value is -1.41. The monoisotopic (exact) mass is 325 g/mol. The zero-order valence-electron chi connectivity index (χ0n) is 13.5. The topological polar surface area (TPSA) is 52.6 Å². The van der Waals surface area contributed by atoms with Gasteiger partial charge in [0.1, 0.15) is 0 Å². The molecule has 0 aliphatic carbocycles. The summed E-state index contributed by atoms with van der Waals surface area (Å²) >= 11 is 0. The molecule has 0 radical (unpaired) electrons. The second-order valence-electron chi connectivity index (χ2n) is 5.10. The molecule has 5 heteroatoms. The number of carbonyl (C=O) groups is 1. The first-order chi connectivity index (χ1) is 10.7. The van der Waals surface area contributed by atoms with Crippen molar-refractivity contribution in [1.82, 2.24) is 0 Å². The Bertz CT molecular complexity index is 473. The first-order valence-electron chi connectivity index (χ1n) is 8.01. The van der Waals surface area contributed by atoms with Crippen molar-refractivity contribution in [3.05, 3.63) is 24.3 Å². The van der Waals surface area contributed by atoms with Crippen LogP contribution < -0.4 is 10.0 Å². The Morgan fingerprint density at radius 2 is 1.77 bits per heavy atom. The largest absolute Gasteiger partial charge is 0.489 e. The van der Waals surface area contributed by atoms with Crippen molar-refractivity contribution in [2.75, 3.05) is 19.4 Å². The lowest BCUT2D eigenvalue weighted by molar-refractivity contribution is -0.143. The summed E-state index contributed by atoms with van der Waals surface area (Å²) < 4.78 is 23.2. The molecule has 22 heavy (non-hydrogen) atoms. The van der Waals surface area contributed by atoms with Crippen LogP contribution in [0.2, 0.25) is 0 Å². The maximum absolute atomic E-state index is 12.4. The van der Waals surface area contributed by atoms with Crippen LogP contribution in [0.4, 0.5) is 0 Å². The van der Waals surface area contributed by atoms with E-state index in [1.54, 1.807) is 0 Å². The second kappa shape index (κ2) is 11.2. The smallest absolute Gasteiger partial charge is 0.381 e. The zero-order valence-corrected chi connectivity index (χ0v) is 14.4. The van der Waals surface area contributed by atoms with E-state index in [9.17, 15) is 9.36 Å². The summed E-state index contributed by atoms with van der Waals surface area (Å²) in [6.07, 6.45) is 4.36. The van der Waals surface area contributed by atoms with E-state index < -0.39 is 7.80 Å². The van der Waals surface area contributed by atoms with E-state index in [1.165, 1.54) is 0 Å². The quantitative estimate of drug-likeness (QED) is 0.350. The van der Waals surface area contributed by atoms with E-state index in [1.807, 2.05) is 31.2 Å². The molecular formula is C17H26O4P+. The predicted molar refractivity (Wildman–Crippen MR) is 89.4 cm³/mol. The molecule has 0 aliphatic rings. The Balaban J connectivity index is 2.49. The van der Waals surface area contributed by atoms with Crippen molar-refractivity contribution in [2.24, 2.45) is 0 Å². The lowest BCUT2D eigenvalue weighted by Crippen LogP contribution is -2.10. The van der Waals surface area contributed by atoms with Gasteiger partial charge < -0.3 is 9.47 Å². The van der Waals surface area contributed by atoms with Gasteiger partial charge in [0.25, 0.3) is 0 Å². The van der Waals surface area contributed by atoms with E-state index in [0.29, 0.717) is 30.4 Å². The minimum atomic E-state index is -1.64. The van der Waals surface area contributed by atoms with Gasteiger partial charge in [0, 0.05) is 0 Å². The number of para-hydroxylation sites is 1. The SMILES string of the molecule is CCCCOC(=O)CC[P+](=O)c1ccccc1OCCCC. The minimum Gasteiger partial charge on any atom is -0.489 e. The summed E-state index contributed by atoms with van der Waals surface area (Å²) in [6.45, 7) is 5.21. The van der Waals surface area contributed by atoms with Crippen molar-refractivity contribution in [3.63, 3.8) is 0 Å². The molecule has 0 aromatic heterocycles. The summed E-state index contributed by atoms with van der Waals surface area (Å²) in [7, 11) is -1.64. The molecule has 0 bridgehead atoms. The zero-order chi connectivity index (χ0) is 16.2. The van der Waals surface area contributed by atoms with Crippen LogP contribution in [0, 0.1) is 0 Å². The Morgan fingerprint density at radius 1 is 1.09 bits per heavy atom. The highest BCUT2D eigenvalue weighted by atomic mass is 31.1. The number of rotatable bonds is 11. The summed E-state index contributed by atoms with van der Waals surface area (Å²) in [4.78, 5) is 11.6. The van der Waals surface area contributed by atoms with Crippen LogP contribution in [0.1, 0.15) is 46.0 Å². The standard InChI is InChI=1S/C17H26O4P/c1-3-5-12-20-15-9-7-8-10-16(15)22(19)14-11-17(18)21-13-6-4-2/h7-10H,3-6,11-14H2,1-2H3/q+1. The number of carbonyl (C=O) groups excluding carboxylic acids is 1. The lowest BCUT2D eigenvalue weighted by atomic mass is 10.3. The second-order valence-corrected chi connectivity index (χ2v) is 6.78. The molecule has 0 spiro atoms. The van der Waals surface area contributed by atoms with Crippen molar-refractivity contribution in [1.29, 1.82) is 0 Å². The Labute approximate surface area is 134 Å². The highest BCUT2D eigenvalue weighted by Gasteiger charge is 2.25. The van der Waals surface area contributed by atoms with Crippen LogP contribution in [-0.4, -0.2) is 25.3 Å². The van der Waals surface area contributed by atoms with Crippen LogP contribution in [0.3, 0.4) is 0 Å². The highest BCUT2D eigenvalue weighted by Crippen LogP contribution is 2.27. The molecule has 0 saturated heterocycles. The molecule has 0 N–H and O–H groups in total. The molecular weight excluding hydrogens is 299 g/mol. The van der Waals surface area contributed by atoms with Gasteiger partial charge in [0.2, 0.25) is 5.30 Å². The Kier molecular flexibility index (Phi) is 9.49. The molecule has 0 aliphatic heterocycles. The number of esters is 1. The first-order valence-corrected chi connectivity index (χ1v) is 9.45. The molecule has 1 aromatic rings. The molecule has 1 atom stereocenters. The third-order valence-electron chi connectivity index (χ3n) is 3.17. The molecule has 0 fully saturated rings. The summed E-state index contributed by atoms with van der Waals surface area (Å²) in [6, 6.07) is 7.35. The maximum atomic E-state index is 12.4. The number of benzene rings is 1. The average Bonchev–Trinajstić information content (AvgIpc) is 2.53. The van der Waals surface area contributed by atoms with Gasteiger partial charge in [-0.3, -0.25) is 4.79 Å². The Morgan fingerprint density at radius 3 is 2.50 bits per heavy atom. The fourth-order valence-corrected chi connectivity index (χ4v) is 3.09.